The minimum Gasteiger partial charge on any atom is -0.488 e. The number of rotatable bonds is 7. The van der Waals surface area contributed by atoms with E-state index in [0.717, 1.165) is 10.2 Å². The van der Waals surface area contributed by atoms with E-state index >= 15 is 0 Å². The second-order valence-electron chi connectivity index (χ2n) is 8.64. The van der Waals surface area contributed by atoms with Crippen LogP contribution in [-0.4, -0.2) is 30.0 Å². The number of anilines is 1. The lowest BCUT2D eigenvalue weighted by atomic mass is 10.1. The van der Waals surface area contributed by atoms with Crippen molar-refractivity contribution in [2.24, 2.45) is 5.10 Å². The van der Waals surface area contributed by atoms with Crippen LogP contribution in [0.3, 0.4) is 0 Å². The zero-order valence-electron chi connectivity index (χ0n) is 20.0. The lowest BCUT2D eigenvalue weighted by Crippen LogP contribution is -2.23. The van der Waals surface area contributed by atoms with Gasteiger partial charge in [0.15, 0.2) is 0 Å². The summed E-state index contributed by atoms with van der Waals surface area (Å²) >= 11 is 3.42. The maximum Gasteiger partial charge on any atom is 0.282 e. The quantitative estimate of drug-likeness (QED) is 0.274. The minimum atomic E-state index is -0.326. The standard InChI is InChI=1S/C27H26BrFN4O2/c1-17(2)26-31-24-12-10-20(28)13-22(24)27(34)33(26)30-15-18-9-11-21(32(3)4)14-25(18)35-16-19-7-5-6-8-23(19)29/h5-15,17H,16H2,1-4H3. The second kappa shape index (κ2) is 10.4. The molecular weight excluding hydrogens is 511 g/mol. The van der Waals surface area contributed by atoms with Gasteiger partial charge in [0.1, 0.15) is 24.0 Å². The lowest BCUT2D eigenvalue weighted by molar-refractivity contribution is 0.299. The van der Waals surface area contributed by atoms with Crippen LogP contribution in [-0.2, 0) is 6.61 Å². The molecule has 8 heteroatoms. The number of halogens is 2. The van der Waals surface area contributed by atoms with Gasteiger partial charge in [-0.05, 0) is 36.4 Å². The van der Waals surface area contributed by atoms with Gasteiger partial charge in [-0.15, -0.1) is 0 Å². The topological polar surface area (TPSA) is 59.7 Å². The summed E-state index contributed by atoms with van der Waals surface area (Å²) < 4.78 is 22.3. The predicted octanol–water partition coefficient (Wildman–Crippen LogP) is 5.95. The Kier molecular flexibility index (Phi) is 7.31. The molecule has 0 aliphatic rings. The van der Waals surface area contributed by atoms with Gasteiger partial charge in [0.25, 0.3) is 5.56 Å². The van der Waals surface area contributed by atoms with Crippen LogP contribution < -0.4 is 15.2 Å². The lowest BCUT2D eigenvalue weighted by Gasteiger charge is -2.16. The highest BCUT2D eigenvalue weighted by Gasteiger charge is 2.14. The zero-order valence-corrected chi connectivity index (χ0v) is 21.6. The molecule has 1 aromatic heterocycles. The molecule has 0 atom stereocenters. The monoisotopic (exact) mass is 536 g/mol. The van der Waals surface area contributed by atoms with E-state index in [4.69, 9.17) is 4.74 Å². The molecule has 0 radical (unpaired) electrons. The van der Waals surface area contributed by atoms with Gasteiger partial charge >= 0.3 is 0 Å². The molecule has 1 heterocycles. The van der Waals surface area contributed by atoms with E-state index in [9.17, 15) is 9.18 Å². The molecule has 3 aromatic carbocycles. The summed E-state index contributed by atoms with van der Waals surface area (Å²) in [5.74, 6) is 0.729. The first-order valence-electron chi connectivity index (χ1n) is 11.2. The number of fused-ring (bicyclic) bond motifs is 1. The van der Waals surface area contributed by atoms with Gasteiger partial charge in [-0.25, -0.2) is 9.37 Å². The number of nitrogens with zero attached hydrogens (tertiary/aromatic N) is 4. The Labute approximate surface area is 211 Å². The van der Waals surface area contributed by atoms with Crippen molar-refractivity contribution in [2.75, 3.05) is 19.0 Å². The van der Waals surface area contributed by atoms with Crippen molar-refractivity contribution >= 4 is 38.7 Å². The van der Waals surface area contributed by atoms with E-state index in [1.807, 2.05) is 63.2 Å². The normalized spacial score (nSPS) is 11.5. The van der Waals surface area contributed by atoms with Crippen LogP contribution in [0.4, 0.5) is 10.1 Å². The zero-order chi connectivity index (χ0) is 25.1. The molecule has 0 fully saturated rings. The first-order chi connectivity index (χ1) is 16.7. The molecule has 0 aliphatic carbocycles. The molecule has 0 N–H and O–H groups in total. The van der Waals surface area contributed by atoms with Crippen LogP contribution in [0.15, 0.2) is 75.0 Å². The van der Waals surface area contributed by atoms with E-state index in [0.29, 0.717) is 33.6 Å². The predicted molar refractivity (Wildman–Crippen MR) is 142 cm³/mol. The van der Waals surface area contributed by atoms with Crippen LogP contribution in [0.25, 0.3) is 10.9 Å². The molecule has 0 saturated carbocycles. The summed E-state index contributed by atoms with van der Waals surface area (Å²) in [5.41, 5.74) is 2.40. The van der Waals surface area contributed by atoms with Crippen LogP contribution in [0.2, 0.25) is 0 Å². The number of aromatic nitrogens is 2. The van der Waals surface area contributed by atoms with E-state index in [2.05, 4.69) is 26.0 Å². The maximum absolute atomic E-state index is 14.1. The summed E-state index contributed by atoms with van der Waals surface area (Å²) in [6.07, 6.45) is 1.58. The molecule has 4 aromatic rings. The van der Waals surface area contributed by atoms with Crippen molar-refractivity contribution in [3.05, 3.63) is 98.3 Å². The third-order valence-corrected chi connectivity index (χ3v) is 6.01. The average molecular weight is 537 g/mol. The Morgan fingerprint density at radius 1 is 1.14 bits per heavy atom. The van der Waals surface area contributed by atoms with E-state index in [1.54, 1.807) is 30.5 Å². The highest BCUT2D eigenvalue weighted by molar-refractivity contribution is 9.10. The summed E-state index contributed by atoms with van der Waals surface area (Å²) in [7, 11) is 3.86. The summed E-state index contributed by atoms with van der Waals surface area (Å²) in [6.45, 7) is 3.99. The molecule has 0 saturated heterocycles. The molecule has 0 spiro atoms. The van der Waals surface area contributed by atoms with Crippen molar-refractivity contribution in [2.45, 2.75) is 26.4 Å². The highest BCUT2D eigenvalue weighted by Crippen LogP contribution is 2.26. The Hall–Kier alpha value is -3.52. The SMILES string of the molecule is CC(C)c1nc2ccc(Br)cc2c(=O)n1N=Cc1ccc(N(C)C)cc1OCc1ccccc1F. The van der Waals surface area contributed by atoms with Gasteiger partial charge in [-0.2, -0.15) is 9.78 Å². The van der Waals surface area contributed by atoms with E-state index in [-0.39, 0.29) is 23.9 Å². The summed E-state index contributed by atoms with van der Waals surface area (Å²) in [6, 6.07) is 17.6. The molecule has 0 unspecified atom stereocenters. The van der Waals surface area contributed by atoms with Crippen LogP contribution in [0.5, 0.6) is 5.75 Å². The van der Waals surface area contributed by atoms with Gasteiger partial charge in [-0.3, -0.25) is 4.79 Å². The molecular formula is C27H26BrFN4O2. The van der Waals surface area contributed by atoms with Gasteiger partial charge in [-0.1, -0.05) is 48.0 Å². The van der Waals surface area contributed by atoms with Crippen molar-refractivity contribution in [1.82, 2.24) is 9.66 Å². The minimum absolute atomic E-state index is 0.0270. The molecule has 0 aliphatic heterocycles. The molecule has 4 rings (SSSR count). The van der Waals surface area contributed by atoms with Gasteiger partial charge in [0, 0.05) is 47.4 Å². The molecule has 35 heavy (non-hydrogen) atoms. The summed E-state index contributed by atoms with van der Waals surface area (Å²) in [4.78, 5) is 19.9. The number of ether oxygens (including phenoxy) is 1. The van der Waals surface area contributed by atoms with E-state index < -0.39 is 0 Å². The van der Waals surface area contributed by atoms with Crippen molar-refractivity contribution < 1.29 is 9.13 Å². The fraction of sp³-hybridized carbons (Fsp3) is 0.222. The average Bonchev–Trinajstić information content (AvgIpc) is 2.83. The van der Waals surface area contributed by atoms with Crippen LogP contribution >= 0.6 is 15.9 Å². The molecule has 180 valence electrons. The fourth-order valence-electron chi connectivity index (χ4n) is 3.57. The number of hydrogen-bond acceptors (Lipinski definition) is 5. The van der Waals surface area contributed by atoms with Crippen LogP contribution in [0, 0.1) is 5.82 Å². The molecule has 0 bridgehead atoms. The van der Waals surface area contributed by atoms with Gasteiger partial charge < -0.3 is 9.64 Å². The third kappa shape index (κ3) is 5.43. The van der Waals surface area contributed by atoms with E-state index in [1.165, 1.54) is 10.7 Å². The van der Waals surface area contributed by atoms with Crippen LogP contribution in [0.1, 0.15) is 36.7 Å². The first-order valence-corrected chi connectivity index (χ1v) is 12.0. The Bertz CT molecular complexity index is 1460. The largest absolute Gasteiger partial charge is 0.488 e. The van der Waals surface area contributed by atoms with Gasteiger partial charge in [0.05, 0.1) is 17.1 Å². The smallest absolute Gasteiger partial charge is 0.282 e. The third-order valence-electron chi connectivity index (χ3n) is 5.52. The Morgan fingerprint density at radius 2 is 1.91 bits per heavy atom. The maximum atomic E-state index is 14.1. The molecule has 0 amide bonds. The number of hydrogen-bond donors (Lipinski definition) is 0. The molecule has 6 nitrogen and oxygen atoms in total. The number of benzene rings is 3. The van der Waals surface area contributed by atoms with Crippen molar-refractivity contribution in [3.8, 4) is 5.75 Å². The summed E-state index contributed by atoms with van der Waals surface area (Å²) in [5, 5.41) is 4.99. The Morgan fingerprint density at radius 3 is 2.63 bits per heavy atom. The van der Waals surface area contributed by atoms with Crippen molar-refractivity contribution in [1.29, 1.82) is 0 Å². The second-order valence-corrected chi connectivity index (χ2v) is 9.56. The van der Waals surface area contributed by atoms with Gasteiger partial charge in [0.2, 0.25) is 0 Å². The first kappa shape index (κ1) is 24.6. The fourth-order valence-corrected chi connectivity index (χ4v) is 3.94. The highest BCUT2D eigenvalue weighted by atomic mass is 79.9. The van der Waals surface area contributed by atoms with Crippen molar-refractivity contribution in [3.63, 3.8) is 0 Å². The Balaban J connectivity index is 1.76.